The van der Waals surface area contributed by atoms with Crippen LogP contribution in [0.1, 0.15) is 75.2 Å². The average molecular weight is 436 g/mol. The fourth-order valence-electron chi connectivity index (χ4n) is 4.38. The molecule has 0 unspecified atom stereocenters. The summed E-state index contributed by atoms with van der Waals surface area (Å²) in [6.07, 6.45) is 14.3. The van der Waals surface area contributed by atoms with Crippen LogP contribution in [-0.2, 0) is 24.1 Å². The molecule has 0 spiro atoms. The van der Waals surface area contributed by atoms with Gasteiger partial charge in [-0.2, -0.15) is 0 Å². The number of ether oxygens (including phenoxy) is 1. The van der Waals surface area contributed by atoms with E-state index in [1.165, 1.54) is 44.9 Å². The number of nitrogens with zero attached hydrogens (tertiary/aromatic N) is 2. The highest BCUT2D eigenvalue weighted by Crippen LogP contribution is 2.34. The topological polar surface area (TPSA) is 38.3 Å². The number of imidazole rings is 1. The van der Waals surface area contributed by atoms with Gasteiger partial charge < -0.3 is 9.84 Å². The van der Waals surface area contributed by atoms with Gasteiger partial charge in [0.2, 0.25) is 5.60 Å². The van der Waals surface area contributed by atoms with E-state index >= 15 is 0 Å². The molecule has 0 saturated heterocycles. The minimum atomic E-state index is -1.28. The van der Waals surface area contributed by atoms with Crippen LogP contribution in [0.3, 0.4) is 0 Å². The molecule has 3 rings (SSSR count). The lowest BCUT2D eigenvalue weighted by Gasteiger charge is -2.26. The van der Waals surface area contributed by atoms with Crippen LogP contribution >= 0.6 is 0 Å². The Morgan fingerprint density at radius 3 is 1.91 bits per heavy atom. The summed E-state index contributed by atoms with van der Waals surface area (Å²) >= 11 is 0. The van der Waals surface area contributed by atoms with Crippen molar-refractivity contribution in [2.75, 3.05) is 6.61 Å². The van der Waals surface area contributed by atoms with Gasteiger partial charge in [-0.15, -0.1) is 0 Å². The van der Waals surface area contributed by atoms with Gasteiger partial charge in [-0.1, -0.05) is 113 Å². The largest absolute Gasteiger partial charge is 0.370 e. The van der Waals surface area contributed by atoms with Gasteiger partial charge in [0.25, 0.3) is 5.82 Å². The Balaban J connectivity index is 1.66. The summed E-state index contributed by atoms with van der Waals surface area (Å²) in [5.74, 6) is 0.783. The zero-order valence-electron chi connectivity index (χ0n) is 19.7. The fraction of sp³-hybridized carbons (Fsp3) is 0.464. The third-order valence-electron chi connectivity index (χ3n) is 6.16. The van der Waals surface area contributed by atoms with Crippen LogP contribution in [0.5, 0.6) is 0 Å². The molecule has 1 heterocycles. The Morgan fingerprint density at radius 1 is 0.812 bits per heavy atom. The number of aryl methyl sites for hydroxylation is 1. The summed E-state index contributed by atoms with van der Waals surface area (Å²) < 4.78 is 10.0. The van der Waals surface area contributed by atoms with Gasteiger partial charge in [-0.3, -0.25) is 0 Å². The van der Waals surface area contributed by atoms with Crippen LogP contribution in [0.2, 0.25) is 0 Å². The Hall–Kier alpha value is -2.43. The third kappa shape index (κ3) is 6.08. The summed E-state index contributed by atoms with van der Waals surface area (Å²) in [5, 5.41) is 12.1. The predicted molar refractivity (Wildman–Crippen MR) is 129 cm³/mol. The van der Waals surface area contributed by atoms with Crippen LogP contribution < -0.4 is 4.57 Å². The first-order valence-corrected chi connectivity index (χ1v) is 12.1. The molecule has 0 amide bonds. The van der Waals surface area contributed by atoms with E-state index in [4.69, 9.17) is 4.74 Å². The molecule has 0 bridgehead atoms. The van der Waals surface area contributed by atoms with Crippen LogP contribution in [0.25, 0.3) is 0 Å². The van der Waals surface area contributed by atoms with E-state index in [1.54, 1.807) is 0 Å². The summed E-state index contributed by atoms with van der Waals surface area (Å²) in [7, 11) is 1.97. The molecule has 0 aliphatic heterocycles. The van der Waals surface area contributed by atoms with Crippen LogP contribution in [0.4, 0.5) is 0 Å². The molecule has 3 aromatic rings. The average Bonchev–Trinajstić information content (AvgIpc) is 3.21. The van der Waals surface area contributed by atoms with E-state index in [9.17, 15) is 5.11 Å². The number of hydrogen-bond donors (Lipinski definition) is 1. The zero-order valence-corrected chi connectivity index (χ0v) is 19.7. The Morgan fingerprint density at radius 2 is 1.34 bits per heavy atom. The van der Waals surface area contributed by atoms with Crippen molar-refractivity contribution in [1.29, 1.82) is 0 Å². The Kier molecular flexibility index (Phi) is 9.51. The molecule has 172 valence electrons. The van der Waals surface area contributed by atoms with Gasteiger partial charge in [-0.05, 0) is 6.42 Å². The summed E-state index contributed by atoms with van der Waals surface area (Å²) in [4.78, 5) is 0. The van der Waals surface area contributed by atoms with E-state index in [0.717, 1.165) is 30.0 Å². The molecule has 0 aliphatic rings. The monoisotopic (exact) mass is 435 g/mol. The van der Waals surface area contributed by atoms with Crippen LogP contribution in [-0.4, -0.2) is 16.3 Å². The smallest absolute Gasteiger partial charge is 0.300 e. The molecule has 0 fully saturated rings. The van der Waals surface area contributed by atoms with Gasteiger partial charge in [0.05, 0.1) is 13.7 Å². The molecule has 0 saturated carbocycles. The quantitative estimate of drug-likeness (QED) is 0.260. The maximum Gasteiger partial charge on any atom is 0.300 e. The van der Waals surface area contributed by atoms with Crippen molar-refractivity contribution in [2.24, 2.45) is 7.05 Å². The van der Waals surface area contributed by atoms with E-state index in [-0.39, 0.29) is 0 Å². The predicted octanol–water partition coefficient (Wildman–Crippen LogP) is 5.71. The number of benzene rings is 2. The lowest BCUT2D eigenvalue weighted by Crippen LogP contribution is -2.45. The molecule has 1 N–H and O–H groups in total. The van der Waals surface area contributed by atoms with E-state index < -0.39 is 5.60 Å². The van der Waals surface area contributed by atoms with E-state index in [1.807, 2.05) is 89.2 Å². The van der Waals surface area contributed by atoms with Gasteiger partial charge >= 0.3 is 0 Å². The number of aliphatic hydroxyl groups is 1. The second-order valence-corrected chi connectivity index (χ2v) is 8.66. The number of unbranched alkanes of at least 4 members (excludes halogenated alkanes) is 7. The van der Waals surface area contributed by atoms with E-state index in [0.29, 0.717) is 6.73 Å². The van der Waals surface area contributed by atoms with Gasteiger partial charge in [0, 0.05) is 11.1 Å². The molecular weight excluding hydrogens is 396 g/mol. The van der Waals surface area contributed by atoms with E-state index in [2.05, 4.69) is 6.92 Å². The summed E-state index contributed by atoms with van der Waals surface area (Å²) in [5.41, 5.74) is 0.400. The minimum Gasteiger partial charge on any atom is -0.370 e. The highest BCUT2D eigenvalue weighted by molar-refractivity contribution is 5.41. The van der Waals surface area contributed by atoms with Crippen molar-refractivity contribution in [2.45, 2.75) is 70.6 Å². The number of hydrogen-bond acceptors (Lipinski definition) is 2. The van der Waals surface area contributed by atoms with Crippen molar-refractivity contribution in [3.8, 4) is 0 Å². The maximum atomic E-state index is 12.1. The summed E-state index contributed by atoms with van der Waals surface area (Å²) in [6.45, 7) is 3.42. The van der Waals surface area contributed by atoms with Crippen molar-refractivity contribution in [3.05, 3.63) is 90.0 Å². The van der Waals surface area contributed by atoms with Crippen LogP contribution in [0, 0.1) is 0 Å². The molecular formula is C28H39N2O2+. The second kappa shape index (κ2) is 12.6. The van der Waals surface area contributed by atoms with Gasteiger partial charge in [0.1, 0.15) is 12.4 Å². The Labute approximate surface area is 193 Å². The lowest BCUT2D eigenvalue weighted by molar-refractivity contribution is -0.684. The molecule has 0 radical (unpaired) electrons. The number of rotatable bonds is 14. The van der Waals surface area contributed by atoms with Gasteiger partial charge in [0.15, 0.2) is 6.73 Å². The molecule has 32 heavy (non-hydrogen) atoms. The van der Waals surface area contributed by atoms with Gasteiger partial charge in [-0.25, -0.2) is 9.13 Å². The highest BCUT2D eigenvalue weighted by Gasteiger charge is 2.44. The maximum absolute atomic E-state index is 12.1. The molecule has 4 nitrogen and oxygen atoms in total. The Bertz CT molecular complexity index is 866. The molecule has 2 aromatic carbocycles. The standard InChI is InChI=1S/C28H39N2O2/c1-3-4-5-6-7-8-9-16-23-32-24-30-22-21-29(2)27(30)28(31,25-17-12-10-13-18-25)26-19-14-11-15-20-26/h10-15,17-22,31H,3-9,16,23-24H2,1-2H3/q+1. The van der Waals surface area contributed by atoms with Crippen LogP contribution in [0.15, 0.2) is 73.1 Å². The first kappa shape index (κ1) is 24.2. The molecule has 0 aliphatic carbocycles. The second-order valence-electron chi connectivity index (χ2n) is 8.66. The van der Waals surface area contributed by atoms with Crippen molar-refractivity contribution in [3.63, 3.8) is 0 Å². The zero-order chi connectivity index (χ0) is 22.7. The highest BCUT2D eigenvalue weighted by atomic mass is 16.5. The normalized spacial score (nSPS) is 11.7. The molecule has 1 aromatic heterocycles. The minimum absolute atomic E-state index is 0.425. The first-order valence-electron chi connectivity index (χ1n) is 12.1. The third-order valence-corrected chi connectivity index (χ3v) is 6.16. The first-order chi connectivity index (χ1) is 15.7. The van der Waals surface area contributed by atoms with Crippen molar-refractivity contribution >= 4 is 0 Å². The summed E-state index contributed by atoms with van der Waals surface area (Å²) in [6, 6.07) is 19.7. The molecule has 0 atom stereocenters. The van der Waals surface area contributed by atoms with Crippen molar-refractivity contribution < 1.29 is 14.4 Å². The number of aromatic nitrogens is 2. The molecule has 4 heteroatoms. The lowest BCUT2D eigenvalue weighted by atomic mass is 9.85. The fourth-order valence-corrected chi connectivity index (χ4v) is 4.38. The van der Waals surface area contributed by atoms with Crippen molar-refractivity contribution in [1.82, 2.24) is 4.57 Å². The SMILES string of the molecule is CCCCCCCCCCOCn1cc[n+](C)c1C(O)(c1ccccc1)c1ccccc1.